The number of aliphatic imine (C=N–C) groups is 2. The summed E-state index contributed by atoms with van der Waals surface area (Å²) in [4.78, 5) is 7.66. The van der Waals surface area contributed by atoms with Crippen LogP contribution >= 0.6 is 0 Å². The third-order valence-corrected chi connectivity index (χ3v) is 7.49. The second-order valence-corrected chi connectivity index (χ2v) is 10.0. The molecule has 0 radical (unpaired) electrons. The summed E-state index contributed by atoms with van der Waals surface area (Å²) in [6.07, 6.45) is -16.9. The van der Waals surface area contributed by atoms with Gasteiger partial charge in [0.05, 0.1) is 25.4 Å². The first-order valence-electron chi connectivity index (χ1n) is 12.5. The fourth-order valence-electron chi connectivity index (χ4n) is 5.17. The summed E-state index contributed by atoms with van der Waals surface area (Å²) in [6, 6.07) is -4.00. The first-order valence-corrected chi connectivity index (χ1v) is 12.5. The first-order chi connectivity index (χ1) is 18.7. The lowest BCUT2D eigenvalue weighted by Crippen LogP contribution is -2.66. The van der Waals surface area contributed by atoms with Crippen LogP contribution in [0.2, 0.25) is 0 Å². The maximum absolute atomic E-state index is 11.3. The van der Waals surface area contributed by atoms with E-state index < -0.39 is 116 Å². The van der Waals surface area contributed by atoms with Crippen molar-refractivity contribution in [1.82, 2.24) is 5.32 Å². The van der Waals surface area contributed by atoms with Gasteiger partial charge in [0.25, 0.3) is 0 Å². The molecule has 0 aromatic carbocycles. The van der Waals surface area contributed by atoms with E-state index in [0.29, 0.717) is 0 Å². The Morgan fingerprint density at radius 1 is 0.825 bits per heavy atom. The van der Waals surface area contributed by atoms with E-state index in [0.717, 1.165) is 0 Å². The fraction of sp³-hybridized carbons (Fsp3) is 0.905. The Morgan fingerprint density at radius 2 is 1.43 bits per heavy atom. The minimum absolute atomic E-state index is 0.493. The average molecular weight is 584 g/mol. The average Bonchev–Trinajstić information content (AvgIpc) is 3.13. The molecule has 40 heavy (non-hydrogen) atoms. The maximum atomic E-state index is 11.3. The molecule has 2 aliphatic heterocycles. The molecule has 1 saturated carbocycles. The predicted octanol–water partition coefficient (Wildman–Crippen LogP) is -8.37. The predicted molar refractivity (Wildman–Crippen MR) is 134 cm³/mol. The maximum Gasteiger partial charge on any atom is 0.187 e. The van der Waals surface area contributed by atoms with Crippen LogP contribution in [-0.4, -0.2) is 164 Å². The summed E-state index contributed by atoms with van der Waals surface area (Å²) in [5.41, 5.74) is 19.7. The highest BCUT2D eigenvalue weighted by molar-refractivity contribution is 5.76. The SMILES string of the molecule is CN[C@@H]1[C@H](O[C@H]2[C@@H](O[C@@H]3[C@@H](O)[C@@H](O)[C@@H](N=C(N)N)[C@@H](O)[C@@H]3N=C(N)N)O[C@@H](C)[C@]2(O)CO)O[C@H](CO)[C@@H](O)[C@@H]1O. The van der Waals surface area contributed by atoms with Gasteiger partial charge < -0.3 is 88.1 Å². The summed E-state index contributed by atoms with van der Waals surface area (Å²) < 4.78 is 23.2. The van der Waals surface area contributed by atoms with E-state index >= 15 is 0 Å². The van der Waals surface area contributed by atoms with Gasteiger partial charge >= 0.3 is 0 Å². The van der Waals surface area contributed by atoms with E-state index in [1.807, 2.05) is 0 Å². The Hall–Kier alpha value is -1.98. The van der Waals surface area contributed by atoms with Gasteiger partial charge in [-0.1, -0.05) is 0 Å². The first kappa shape index (κ1) is 32.5. The number of likely N-dealkylation sites (N-methyl/N-ethyl adjacent to an activating group) is 1. The van der Waals surface area contributed by atoms with Crippen LogP contribution in [0.15, 0.2) is 9.98 Å². The normalized spacial score (nSPS) is 47.5. The molecule has 0 spiro atoms. The second kappa shape index (κ2) is 12.9. The third kappa shape index (κ3) is 6.11. The van der Waals surface area contributed by atoms with Gasteiger partial charge in [-0.05, 0) is 14.0 Å². The van der Waals surface area contributed by atoms with Gasteiger partial charge in [-0.15, -0.1) is 0 Å². The van der Waals surface area contributed by atoms with Crippen LogP contribution in [0.1, 0.15) is 6.92 Å². The van der Waals surface area contributed by atoms with E-state index in [4.69, 9.17) is 41.9 Å². The van der Waals surface area contributed by atoms with Gasteiger partial charge in [-0.3, -0.25) is 0 Å². The van der Waals surface area contributed by atoms with Crippen LogP contribution in [0.5, 0.6) is 0 Å². The van der Waals surface area contributed by atoms with Crippen LogP contribution in [-0.2, 0) is 18.9 Å². The van der Waals surface area contributed by atoms with Crippen LogP contribution in [0, 0.1) is 0 Å². The van der Waals surface area contributed by atoms with Crippen molar-refractivity contribution in [2.45, 2.75) is 98.2 Å². The third-order valence-electron chi connectivity index (χ3n) is 7.49. The zero-order chi connectivity index (χ0) is 30.1. The molecule has 19 nitrogen and oxygen atoms in total. The number of nitrogens with two attached hydrogens (primary N) is 4. The van der Waals surface area contributed by atoms with Crippen molar-refractivity contribution in [3.63, 3.8) is 0 Å². The van der Waals surface area contributed by atoms with E-state index in [1.54, 1.807) is 0 Å². The minimum atomic E-state index is -2.15. The number of nitrogens with zero attached hydrogens (tertiary/aromatic N) is 2. The monoisotopic (exact) mass is 583 g/mol. The number of hydrogen-bond donors (Lipinski definition) is 13. The van der Waals surface area contributed by atoms with Crippen molar-refractivity contribution in [2.24, 2.45) is 32.9 Å². The Kier molecular flexibility index (Phi) is 10.5. The largest absolute Gasteiger partial charge is 0.394 e. The van der Waals surface area contributed by atoms with E-state index in [-0.39, 0.29) is 0 Å². The minimum Gasteiger partial charge on any atom is -0.394 e. The Labute approximate surface area is 229 Å². The smallest absolute Gasteiger partial charge is 0.187 e. The molecule has 0 unspecified atom stereocenters. The number of hydrogen-bond acceptors (Lipinski definition) is 15. The molecule has 15 atom stereocenters. The molecule has 19 heteroatoms. The molecule has 0 amide bonds. The number of rotatable bonds is 9. The molecular formula is C21H41N7O12. The molecule has 2 heterocycles. The molecule has 3 fully saturated rings. The highest BCUT2D eigenvalue weighted by Crippen LogP contribution is 2.39. The zero-order valence-electron chi connectivity index (χ0n) is 21.9. The molecule has 0 aromatic rings. The summed E-state index contributed by atoms with van der Waals surface area (Å²) >= 11 is 0. The van der Waals surface area contributed by atoms with Gasteiger partial charge in [0.1, 0.15) is 66.5 Å². The molecule has 17 N–H and O–H groups in total. The Balaban J connectivity index is 1.96. The lowest BCUT2D eigenvalue weighted by atomic mass is 9.81. The molecule has 3 rings (SSSR count). The summed E-state index contributed by atoms with van der Waals surface area (Å²) in [5, 5.41) is 87.0. The summed E-state index contributed by atoms with van der Waals surface area (Å²) in [5.74, 6) is -1.01. The van der Waals surface area contributed by atoms with Crippen LogP contribution in [0.4, 0.5) is 0 Å². The molecule has 0 bridgehead atoms. The highest BCUT2D eigenvalue weighted by Gasteiger charge is 2.60. The van der Waals surface area contributed by atoms with Gasteiger partial charge in [-0.2, -0.15) is 0 Å². The molecule has 2 saturated heterocycles. The highest BCUT2D eigenvalue weighted by atomic mass is 16.8. The molecule has 1 aliphatic carbocycles. The zero-order valence-corrected chi connectivity index (χ0v) is 21.9. The lowest BCUT2D eigenvalue weighted by Gasteiger charge is -2.45. The number of aliphatic hydroxyl groups is 8. The fourth-order valence-corrected chi connectivity index (χ4v) is 5.17. The van der Waals surface area contributed by atoms with Gasteiger partial charge in [0, 0.05) is 0 Å². The van der Waals surface area contributed by atoms with Gasteiger partial charge in [0.15, 0.2) is 24.5 Å². The van der Waals surface area contributed by atoms with Crippen LogP contribution < -0.4 is 28.3 Å². The van der Waals surface area contributed by atoms with Gasteiger partial charge in [-0.25, -0.2) is 9.98 Å². The Bertz CT molecular complexity index is 911. The molecule has 232 valence electrons. The number of aliphatic hydroxyl groups excluding tert-OH is 7. The lowest BCUT2D eigenvalue weighted by molar-refractivity contribution is -0.317. The van der Waals surface area contributed by atoms with Crippen molar-refractivity contribution in [3.05, 3.63) is 0 Å². The standard InChI is InChI=1S/C21H41N7O12/c1-5-21(36,4-30)16(40-17-9(26-2)13(34)10(31)6(3-29)38-17)18(37-5)39-15-8(28-20(24)25)11(32)7(27-19(22)23)12(33)14(15)35/h5-18,26,29-36H,3-4H2,1-2H3,(H4,22,23,27)(H4,24,25,28)/t5-,6+,7-,8-,9-,10+,11+,12-,13+,14-,15-,16-,17-,18+,21+/m0/s1. The number of ether oxygens (including phenoxy) is 4. The van der Waals surface area contributed by atoms with Crippen molar-refractivity contribution >= 4 is 11.9 Å². The summed E-state index contributed by atoms with van der Waals surface area (Å²) in [6.45, 7) is -0.199. The Morgan fingerprint density at radius 3 is 1.95 bits per heavy atom. The van der Waals surface area contributed by atoms with E-state index in [1.165, 1.54) is 14.0 Å². The van der Waals surface area contributed by atoms with E-state index in [9.17, 15) is 40.9 Å². The summed E-state index contributed by atoms with van der Waals surface area (Å²) in [7, 11) is 1.44. The quantitative estimate of drug-likeness (QED) is 0.0884. The molecule has 3 aliphatic rings. The van der Waals surface area contributed by atoms with Gasteiger partial charge in [0.2, 0.25) is 0 Å². The number of guanidine groups is 2. The van der Waals surface area contributed by atoms with E-state index in [2.05, 4.69) is 15.3 Å². The molecular weight excluding hydrogens is 542 g/mol. The van der Waals surface area contributed by atoms with Crippen LogP contribution in [0.25, 0.3) is 0 Å². The van der Waals surface area contributed by atoms with Crippen molar-refractivity contribution in [2.75, 3.05) is 20.3 Å². The van der Waals surface area contributed by atoms with Crippen molar-refractivity contribution in [1.29, 1.82) is 0 Å². The molecule has 0 aromatic heterocycles. The topological polar surface area (TPSA) is 340 Å². The number of nitrogens with one attached hydrogen (secondary N) is 1. The van der Waals surface area contributed by atoms with Crippen molar-refractivity contribution < 1.29 is 59.8 Å². The second-order valence-electron chi connectivity index (χ2n) is 10.0. The van der Waals surface area contributed by atoms with Crippen LogP contribution in [0.3, 0.4) is 0 Å². The van der Waals surface area contributed by atoms with Crippen molar-refractivity contribution in [3.8, 4) is 0 Å².